The smallest absolute Gasteiger partial charge is 0.337 e. The number of hydrogen-bond acceptors (Lipinski definition) is 4. The van der Waals surface area contributed by atoms with E-state index >= 15 is 0 Å². The lowest BCUT2D eigenvalue weighted by atomic mass is 9.86. The number of ether oxygens (including phenoxy) is 2. The van der Waals surface area contributed by atoms with Gasteiger partial charge in [-0.05, 0) is 40.7 Å². The summed E-state index contributed by atoms with van der Waals surface area (Å²) in [6.07, 6.45) is -1.17. The summed E-state index contributed by atoms with van der Waals surface area (Å²) in [7, 11) is -0.227. The number of hydrogen-bond donors (Lipinski definition) is 1. The van der Waals surface area contributed by atoms with Gasteiger partial charge in [-0.2, -0.15) is 0 Å². The van der Waals surface area contributed by atoms with Crippen LogP contribution < -0.4 is 4.72 Å². The van der Waals surface area contributed by atoms with Gasteiger partial charge in [0.1, 0.15) is 5.82 Å². The van der Waals surface area contributed by atoms with Crippen molar-refractivity contribution in [3.8, 4) is 0 Å². The monoisotopic (exact) mass is 359 g/mol. The van der Waals surface area contributed by atoms with Crippen molar-refractivity contribution in [2.75, 3.05) is 13.7 Å². The van der Waals surface area contributed by atoms with Crippen molar-refractivity contribution >= 4 is 17.0 Å². The largest absolute Gasteiger partial charge is 0.464 e. The van der Waals surface area contributed by atoms with E-state index in [-0.39, 0.29) is 12.2 Å². The minimum Gasteiger partial charge on any atom is -0.464 e. The van der Waals surface area contributed by atoms with Gasteiger partial charge in [0, 0.05) is 12.7 Å². The van der Waals surface area contributed by atoms with Gasteiger partial charge in [0.25, 0.3) is 0 Å². The van der Waals surface area contributed by atoms with E-state index in [2.05, 4.69) is 4.72 Å². The third kappa shape index (κ3) is 4.62. The lowest BCUT2D eigenvalue weighted by Crippen LogP contribution is -2.57. The first-order valence-electron chi connectivity index (χ1n) is 7.72. The van der Waals surface area contributed by atoms with Crippen molar-refractivity contribution in [1.29, 1.82) is 0 Å². The van der Waals surface area contributed by atoms with Crippen LogP contribution in [0.3, 0.4) is 0 Å². The fourth-order valence-electron chi connectivity index (χ4n) is 2.26. The van der Waals surface area contributed by atoms with E-state index < -0.39 is 39.2 Å². The van der Waals surface area contributed by atoms with Crippen molar-refractivity contribution < 1.29 is 22.9 Å². The average molecular weight is 359 g/mol. The Labute approximate surface area is 145 Å². The maximum atomic E-state index is 14.4. The SMILES string of the molecule is CCOC(=O)[C@H](OC)[C@](C)(N[S@](=O)C(C)(C)C)c1ccccc1F. The van der Waals surface area contributed by atoms with Gasteiger partial charge in [0.2, 0.25) is 0 Å². The van der Waals surface area contributed by atoms with E-state index in [0.29, 0.717) is 0 Å². The van der Waals surface area contributed by atoms with Gasteiger partial charge in [-0.15, -0.1) is 0 Å². The average Bonchev–Trinajstić information content (AvgIpc) is 2.47. The zero-order valence-corrected chi connectivity index (χ0v) is 15.8. The Morgan fingerprint density at radius 3 is 2.33 bits per heavy atom. The maximum Gasteiger partial charge on any atom is 0.337 e. The molecule has 0 amide bonds. The normalized spacial score (nSPS) is 17.0. The Hall–Kier alpha value is -1.31. The van der Waals surface area contributed by atoms with Gasteiger partial charge < -0.3 is 9.47 Å². The van der Waals surface area contributed by atoms with Gasteiger partial charge in [-0.3, -0.25) is 0 Å². The van der Waals surface area contributed by atoms with Crippen LogP contribution in [0.4, 0.5) is 4.39 Å². The van der Waals surface area contributed by atoms with E-state index in [1.807, 2.05) is 0 Å². The fourth-order valence-corrected chi connectivity index (χ4v) is 3.17. The second-order valence-electron chi connectivity index (χ2n) is 6.53. The van der Waals surface area contributed by atoms with Crippen LogP contribution in [0.15, 0.2) is 24.3 Å². The molecule has 0 spiro atoms. The van der Waals surface area contributed by atoms with E-state index in [9.17, 15) is 13.4 Å². The first-order valence-corrected chi connectivity index (χ1v) is 8.87. The molecule has 0 saturated carbocycles. The quantitative estimate of drug-likeness (QED) is 0.760. The number of nitrogens with one attached hydrogen (secondary N) is 1. The van der Waals surface area contributed by atoms with E-state index in [0.717, 1.165) is 0 Å². The minimum atomic E-state index is -1.56. The molecular weight excluding hydrogens is 333 g/mol. The van der Waals surface area contributed by atoms with Gasteiger partial charge in [-0.25, -0.2) is 18.1 Å². The highest BCUT2D eigenvalue weighted by molar-refractivity contribution is 7.84. The molecule has 1 aromatic rings. The number of esters is 1. The molecule has 1 N–H and O–H groups in total. The van der Waals surface area contributed by atoms with Crippen molar-refractivity contribution in [2.24, 2.45) is 0 Å². The Balaban J connectivity index is 3.42. The zero-order chi connectivity index (χ0) is 18.5. The lowest BCUT2D eigenvalue weighted by Gasteiger charge is -2.38. The highest BCUT2D eigenvalue weighted by Gasteiger charge is 2.46. The number of benzene rings is 1. The second kappa shape index (κ2) is 8.18. The predicted octanol–water partition coefficient (Wildman–Crippen LogP) is 2.67. The number of halogens is 1. The zero-order valence-electron chi connectivity index (χ0n) is 15.0. The molecule has 3 atom stereocenters. The molecule has 0 radical (unpaired) electrons. The topological polar surface area (TPSA) is 64.6 Å². The van der Waals surface area contributed by atoms with Gasteiger partial charge in [-0.1, -0.05) is 18.2 Å². The van der Waals surface area contributed by atoms with Crippen molar-refractivity contribution in [2.45, 2.75) is 51.0 Å². The molecule has 0 aliphatic heterocycles. The summed E-state index contributed by atoms with van der Waals surface area (Å²) in [5, 5.41) is 0. The molecule has 0 fully saturated rings. The molecule has 0 saturated heterocycles. The van der Waals surface area contributed by atoms with Crippen LogP contribution in [0.2, 0.25) is 0 Å². The van der Waals surface area contributed by atoms with Crippen LogP contribution in [0, 0.1) is 5.82 Å². The minimum absolute atomic E-state index is 0.161. The summed E-state index contributed by atoms with van der Waals surface area (Å²) < 4.78 is 39.7. The molecule has 5 nitrogen and oxygen atoms in total. The molecule has 0 unspecified atom stereocenters. The van der Waals surface area contributed by atoms with E-state index in [1.54, 1.807) is 46.8 Å². The maximum absolute atomic E-state index is 14.4. The number of rotatable bonds is 7. The summed E-state index contributed by atoms with van der Waals surface area (Å²) in [5.41, 5.74) is -1.19. The second-order valence-corrected chi connectivity index (χ2v) is 8.50. The number of carbonyl (C=O) groups is 1. The van der Waals surface area contributed by atoms with Crippen molar-refractivity contribution in [1.82, 2.24) is 4.72 Å². The highest BCUT2D eigenvalue weighted by atomic mass is 32.2. The summed E-state index contributed by atoms with van der Waals surface area (Å²) in [4.78, 5) is 12.3. The lowest BCUT2D eigenvalue weighted by molar-refractivity contribution is -0.159. The van der Waals surface area contributed by atoms with Gasteiger partial charge in [0.15, 0.2) is 6.10 Å². The summed E-state index contributed by atoms with van der Waals surface area (Å²) in [5.74, 6) is -1.17. The molecule has 1 aromatic carbocycles. The van der Waals surface area contributed by atoms with Crippen LogP contribution in [0.25, 0.3) is 0 Å². The van der Waals surface area contributed by atoms with Gasteiger partial charge in [0.05, 0.1) is 27.9 Å². The number of methoxy groups -OCH3 is 1. The van der Waals surface area contributed by atoms with Gasteiger partial charge >= 0.3 is 5.97 Å². The van der Waals surface area contributed by atoms with Crippen molar-refractivity contribution in [3.05, 3.63) is 35.6 Å². The van der Waals surface area contributed by atoms with Crippen LogP contribution in [-0.2, 0) is 30.8 Å². The third-order valence-corrected chi connectivity index (χ3v) is 5.28. The molecule has 7 heteroatoms. The molecular formula is C17H26FNO4S. The molecule has 0 aliphatic carbocycles. The van der Waals surface area contributed by atoms with Crippen molar-refractivity contribution in [3.63, 3.8) is 0 Å². The summed E-state index contributed by atoms with van der Waals surface area (Å²) in [6.45, 7) is 8.76. The Kier molecular flexibility index (Phi) is 7.07. The summed E-state index contributed by atoms with van der Waals surface area (Å²) >= 11 is 0. The molecule has 136 valence electrons. The third-order valence-electron chi connectivity index (χ3n) is 3.56. The molecule has 0 heterocycles. The first-order chi connectivity index (χ1) is 11.1. The Morgan fingerprint density at radius 2 is 1.88 bits per heavy atom. The van der Waals surface area contributed by atoms with E-state index in [4.69, 9.17) is 9.47 Å². The van der Waals surface area contributed by atoms with Crippen LogP contribution >= 0.6 is 0 Å². The van der Waals surface area contributed by atoms with E-state index in [1.165, 1.54) is 19.2 Å². The van der Waals surface area contributed by atoms with Crippen LogP contribution in [0.5, 0.6) is 0 Å². The molecule has 0 aromatic heterocycles. The standard InChI is InChI=1S/C17H26FNO4S/c1-7-23-15(20)14(22-6)17(5,19-24(21)16(2,3)4)12-10-8-9-11-13(12)18/h8-11,14,19H,7H2,1-6H3/t14-,17+,24+/m0/s1. The Bertz CT molecular complexity index is 602. The molecule has 1 rings (SSSR count). The molecule has 24 heavy (non-hydrogen) atoms. The number of carbonyl (C=O) groups excluding carboxylic acids is 1. The first kappa shape index (κ1) is 20.7. The molecule has 0 aliphatic rings. The fraction of sp³-hybridized carbons (Fsp3) is 0.588. The summed E-state index contributed by atoms with van der Waals surface area (Å²) in [6, 6.07) is 6.02. The molecule has 0 bridgehead atoms. The Morgan fingerprint density at radius 1 is 1.29 bits per heavy atom. The predicted molar refractivity (Wildman–Crippen MR) is 92.2 cm³/mol. The highest BCUT2D eigenvalue weighted by Crippen LogP contribution is 2.31. The van der Waals surface area contributed by atoms with Crippen LogP contribution in [-0.4, -0.2) is 34.7 Å². The van der Waals surface area contributed by atoms with Crippen LogP contribution in [0.1, 0.15) is 40.2 Å².